The van der Waals surface area contributed by atoms with Gasteiger partial charge in [-0.25, -0.2) is 0 Å². The Kier molecular flexibility index (Phi) is 4.82. The Morgan fingerprint density at radius 3 is 2.80 bits per heavy atom. The zero-order valence-corrected chi connectivity index (χ0v) is 9.65. The normalized spacial score (nSPS) is 21.2. The maximum atomic E-state index is 10.6. The molecule has 3 heteroatoms. The van der Waals surface area contributed by atoms with Crippen molar-refractivity contribution in [2.45, 2.75) is 51.6 Å². The number of carbonyl (C=O) groups is 1. The molecule has 86 valence electrons. The Hall–Kier alpha value is -0.830. The summed E-state index contributed by atoms with van der Waals surface area (Å²) in [5.41, 5.74) is 0. The van der Waals surface area contributed by atoms with Crippen molar-refractivity contribution in [2.75, 3.05) is 6.54 Å². The van der Waals surface area contributed by atoms with Gasteiger partial charge in [-0.05, 0) is 33.1 Å². The summed E-state index contributed by atoms with van der Waals surface area (Å²) in [4.78, 5) is 12.8. The van der Waals surface area contributed by atoms with E-state index in [0.29, 0.717) is 18.6 Å². The van der Waals surface area contributed by atoms with Gasteiger partial charge in [-0.2, -0.15) is 0 Å². The Balaban J connectivity index is 2.52. The van der Waals surface area contributed by atoms with Crippen LogP contribution in [0.2, 0.25) is 0 Å². The molecule has 1 rings (SSSR count). The van der Waals surface area contributed by atoms with Crippen molar-refractivity contribution in [2.24, 2.45) is 0 Å². The van der Waals surface area contributed by atoms with Crippen LogP contribution in [0.1, 0.15) is 39.5 Å². The molecule has 0 aromatic rings. The van der Waals surface area contributed by atoms with Crippen LogP contribution in [0.4, 0.5) is 0 Å². The SMILES string of the molecule is CC(C)N(CCC(=O)O)C1C=CCCC1. The minimum absolute atomic E-state index is 0.239. The number of carboxylic acids is 1. The van der Waals surface area contributed by atoms with E-state index in [1.807, 2.05) is 0 Å². The molecule has 1 atom stereocenters. The van der Waals surface area contributed by atoms with E-state index in [-0.39, 0.29) is 6.42 Å². The summed E-state index contributed by atoms with van der Waals surface area (Å²) < 4.78 is 0. The number of allylic oxidation sites excluding steroid dienone is 1. The Bertz CT molecular complexity index is 236. The van der Waals surface area contributed by atoms with Crippen molar-refractivity contribution in [3.63, 3.8) is 0 Å². The molecule has 1 aliphatic carbocycles. The Labute approximate surface area is 91.8 Å². The molecule has 1 unspecified atom stereocenters. The fourth-order valence-electron chi connectivity index (χ4n) is 2.10. The lowest BCUT2D eigenvalue weighted by Gasteiger charge is -2.34. The molecular formula is C12H21NO2. The quantitative estimate of drug-likeness (QED) is 0.709. The molecule has 0 heterocycles. The van der Waals surface area contributed by atoms with Crippen LogP contribution in [0, 0.1) is 0 Å². The first-order valence-corrected chi connectivity index (χ1v) is 5.75. The molecule has 15 heavy (non-hydrogen) atoms. The predicted molar refractivity (Wildman–Crippen MR) is 60.9 cm³/mol. The molecule has 0 saturated carbocycles. The number of rotatable bonds is 5. The summed E-state index contributed by atoms with van der Waals surface area (Å²) in [5, 5.41) is 8.70. The van der Waals surface area contributed by atoms with Crippen LogP contribution in [-0.2, 0) is 4.79 Å². The molecule has 0 radical (unpaired) electrons. The minimum Gasteiger partial charge on any atom is -0.481 e. The second kappa shape index (κ2) is 5.91. The van der Waals surface area contributed by atoms with E-state index in [1.54, 1.807) is 0 Å². The highest BCUT2D eigenvalue weighted by Crippen LogP contribution is 2.18. The molecular weight excluding hydrogens is 190 g/mol. The highest BCUT2D eigenvalue weighted by molar-refractivity contribution is 5.66. The number of nitrogens with zero attached hydrogens (tertiary/aromatic N) is 1. The smallest absolute Gasteiger partial charge is 0.304 e. The van der Waals surface area contributed by atoms with E-state index in [9.17, 15) is 4.79 Å². The van der Waals surface area contributed by atoms with Gasteiger partial charge in [-0.1, -0.05) is 12.2 Å². The lowest BCUT2D eigenvalue weighted by atomic mass is 10.00. The molecule has 1 aliphatic rings. The van der Waals surface area contributed by atoms with Gasteiger partial charge in [-0.3, -0.25) is 9.69 Å². The molecule has 3 nitrogen and oxygen atoms in total. The number of aliphatic carboxylic acids is 1. The lowest BCUT2D eigenvalue weighted by molar-refractivity contribution is -0.137. The molecule has 0 aromatic carbocycles. The molecule has 0 saturated heterocycles. The Morgan fingerprint density at radius 1 is 1.60 bits per heavy atom. The van der Waals surface area contributed by atoms with E-state index in [0.717, 1.165) is 6.42 Å². The maximum Gasteiger partial charge on any atom is 0.304 e. The zero-order chi connectivity index (χ0) is 11.3. The van der Waals surface area contributed by atoms with Gasteiger partial charge >= 0.3 is 5.97 Å². The number of hydrogen-bond donors (Lipinski definition) is 1. The van der Waals surface area contributed by atoms with E-state index in [2.05, 4.69) is 30.9 Å². The number of carboxylic acid groups (broad SMARTS) is 1. The van der Waals surface area contributed by atoms with Gasteiger partial charge in [0.2, 0.25) is 0 Å². The van der Waals surface area contributed by atoms with Gasteiger partial charge in [0.25, 0.3) is 0 Å². The summed E-state index contributed by atoms with van der Waals surface area (Å²) in [7, 11) is 0. The van der Waals surface area contributed by atoms with Crippen LogP contribution in [0.15, 0.2) is 12.2 Å². The molecule has 1 N–H and O–H groups in total. The van der Waals surface area contributed by atoms with Crippen molar-refractivity contribution in [1.82, 2.24) is 4.90 Å². The van der Waals surface area contributed by atoms with Gasteiger partial charge in [0.05, 0.1) is 6.42 Å². The fourth-order valence-corrected chi connectivity index (χ4v) is 2.10. The van der Waals surface area contributed by atoms with Crippen molar-refractivity contribution < 1.29 is 9.90 Å². The molecule has 0 amide bonds. The molecule has 0 aromatic heterocycles. The van der Waals surface area contributed by atoms with Crippen molar-refractivity contribution in [3.8, 4) is 0 Å². The average molecular weight is 211 g/mol. The Morgan fingerprint density at radius 2 is 2.33 bits per heavy atom. The summed E-state index contributed by atoms with van der Waals surface area (Å²) >= 11 is 0. The van der Waals surface area contributed by atoms with Crippen molar-refractivity contribution >= 4 is 5.97 Å². The summed E-state index contributed by atoms with van der Waals surface area (Å²) in [6.07, 6.45) is 8.23. The number of hydrogen-bond acceptors (Lipinski definition) is 2. The van der Waals surface area contributed by atoms with Crippen LogP contribution in [-0.4, -0.2) is 34.6 Å². The lowest BCUT2D eigenvalue weighted by Crippen LogP contribution is -2.41. The third kappa shape index (κ3) is 4.04. The van der Waals surface area contributed by atoms with Crippen LogP contribution in [0.3, 0.4) is 0 Å². The van der Waals surface area contributed by atoms with E-state index in [1.165, 1.54) is 12.8 Å². The predicted octanol–water partition coefficient (Wildman–Crippen LogP) is 2.28. The topological polar surface area (TPSA) is 40.5 Å². The summed E-state index contributed by atoms with van der Waals surface area (Å²) in [6, 6.07) is 0.857. The standard InChI is InChI=1S/C12H21NO2/c1-10(2)13(9-8-12(14)15)11-6-4-3-5-7-11/h4,6,10-11H,3,5,7-9H2,1-2H3,(H,14,15). The van der Waals surface area contributed by atoms with Crippen LogP contribution in [0.5, 0.6) is 0 Å². The highest BCUT2D eigenvalue weighted by Gasteiger charge is 2.20. The first kappa shape index (κ1) is 12.2. The summed E-state index contributed by atoms with van der Waals surface area (Å²) in [6.45, 7) is 4.91. The van der Waals surface area contributed by atoms with Gasteiger partial charge in [0.1, 0.15) is 0 Å². The van der Waals surface area contributed by atoms with E-state index < -0.39 is 5.97 Å². The highest BCUT2D eigenvalue weighted by atomic mass is 16.4. The maximum absolute atomic E-state index is 10.6. The second-order valence-corrected chi connectivity index (χ2v) is 4.40. The van der Waals surface area contributed by atoms with E-state index >= 15 is 0 Å². The largest absolute Gasteiger partial charge is 0.481 e. The third-order valence-corrected chi connectivity index (χ3v) is 2.90. The average Bonchev–Trinajstić information content (AvgIpc) is 2.18. The van der Waals surface area contributed by atoms with Crippen LogP contribution < -0.4 is 0 Å². The van der Waals surface area contributed by atoms with Crippen LogP contribution >= 0.6 is 0 Å². The second-order valence-electron chi connectivity index (χ2n) is 4.40. The summed E-state index contributed by atoms with van der Waals surface area (Å²) in [5.74, 6) is -0.708. The van der Waals surface area contributed by atoms with Gasteiger partial charge in [0.15, 0.2) is 0 Å². The first-order chi connectivity index (χ1) is 7.11. The van der Waals surface area contributed by atoms with Gasteiger partial charge < -0.3 is 5.11 Å². The zero-order valence-electron chi connectivity index (χ0n) is 9.65. The third-order valence-electron chi connectivity index (χ3n) is 2.90. The van der Waals surface area contributed by atoms with E-state index in [4.69, 9.17) is 5.11 Å². The first-order valence-electron chi connectivity index (χ1n) is 5.75. The van der Waals surface area contributed by atoms with Gasteiger partial charge in [-0.15, -0.1) is 0 Å². The molecule has 0 fully saturated rings. The molecule has 0 aliphatic heterocycles. The molecule has 0 bridgehead atoms. The van der Waals surface area contributed by atoms with Crippen LogP contribution in [0.25, 0.3) is 0 Å². The minimum atomic E-state index is -0.708. The van der Waals surface area contributed by atoms with Crippen molar-refractivity contribution in [1.29, 1.82) is 0 Å². The fraction of sp³-hybridized carbons (Fsp3) is 0.750. The van der Waals surface area contributed by atoms with Gasteiger partial charge in [0, 0.05) is 18.6 Å². The molecule has 0 spiro atoms. The monoisotopic (exact) mass is 211 g/mol. The van der Waals surface area contributed by atoms with Crippen molar-refractivity contribution in [3.05, 3.63) is 12.2 Å².